The molecule has 1 N–H and O–H groups in total. The second kappa shape index (κ2) is 5.48. The zero-order valence-corrected chi connectivity index (χ0v) is 10.7. The van der Waals surface area contributed by atoms with Gasteiger partial charge in [0.05, 0.1) is 0 Å². The van der Waals surface area contributed by atoms with Crippen molar-refractivity contribution >= 4 is 23.3 Å². The molecule has 0 saturated heterocycles. The average Bonchev–Trinajstić information content (AvgIpc) is 2.38. The molecular weight excluding hydrogens is 275 g/mol. The molecule has 0 radical (unpaired) electrons. The van der Waals surface area contributed by atoms with Crippen LogP contribution in [-0.4, -0.2) is 16.2 Å². The topological polar surface area (TPSA) is 37.8 Å². The van der Waals surface area contributed by atoms with Crippen LogP contribution in [0.1, 0.15) is 5.56 Å². The predicted molar refractivity (Wildman–Crippen MR) is 68.5 cm³/mol. The molecule has 0 aliphatic carbocycles. The van der Waals surface area contributed by atoms with Crippen molar-refractivity contribution < 1.29 is 13.2 Å². The van der Waals surface area contributed by atoms with E-state index in [4.69, 9.17) is 0 Å². The lowest BCUT2D eigenvalue weighted by atomic mass is 10.2. The zero-order chi connectivity index (χ0) is 13.9. The molecule has 0 fully saturated rings. The minimum atomic E-state index is -4.49. The Kier molecular flexibility index (Phi) is 3.94. The third-order valence-electron chi connectivity index (χ3n) is 2.29. The largest absolute Gasteiger partial charge is 0.421 e. The summed E-state index contributed by atoms with van der Waals surface area (Å²) in [5.41, 5.74) is -0.340. The average molecular weight is 285 g/mol. The number of hydrogen-bond acceptors (Lipinski definition) is 4. The van der Waals surface area contributed by atoms with Crippen LogP contribution < -0.4 is 5.32 Å². The van der Waals surface area contributed by atoms with E-state index in [9.17, 15) is 13.2 Å². The maximum Gasteiger partial charge on any atom is 0.421 e. The summed E-state index contributed by atoms with van der Waals surface area (Å²) < 4.78 is 38.6. The summed E-state index contributed by atoms with van der Waals surface area (Å²) in [4.78, 5) is 7.53. The normalized spacial score (nSPS) is 11.4. The van der Waals surface area contributed by atoms with Gasteiger partial charge in [-0.15, -0.1) is 0 Å². The van der Waals surface area contributed by atoms with Crippen molar-refractivity contribution in [3.05, 3.63) is 42.1 Å². The van der Waals surface area contributed by atoms with Gasteiger partial charge in [-0.1, -0.05) is 30.0 Å². The van der Waals surface area contributed by atoms with Crippen LogP contribution in [0.2, 0.25) is 0 Å². The SMILES string of the molecule is CSc1ncc(C(F)(F)F)c(Nc2ccccc2)n1. The Morgan fingerprint density at radius 3 is 2.42 bits per heavy atom. The number of halogens is 3. The van der Waals surface area contributed by atoms with Crippen molar-refractivity contribution in [3.63, 3.8) is 0 Å². The molecule has 0 aliphatic rings. The molecule has 7 heteroatoms. The van der Waals surface area contributed by atoms with Crippen LogP contribution in [0.25, 0.3) is 0 Å². The third kappa shape index (κ3) is 3.37. The number of hydrogen-bond donors (Lipinski definition) is 1. The highest BCUT2D eigenvalue weighted by Crippen LogP contribution is 2.35. The molecule has 0 atom stereocenters. The highest BCUT2D eigenvalue weighted by atomic mass is 32.2. The maximum absolute atomic E-state index is 12.9. The van der Waals surface area contributed by atoms with Crippen LogP contribution in [-0.2, 0) is 6.18 Å². The van der Waals surface area contributed by atoms with Gasteiger partial charge in [0.25, 0.3) is 0 Å². The monoisotopic (exact) mass is 285 g/mol. The Labute approximate surface area is 112 Å². The van der Waals surface area contributed by atoms with Crippen LogP contribution in [0.4, 0.5) is 24.7 Å². The minimum Gasteiger partial charge on any atom is -0.340 e. The summed E-state index contributed by atoms with van der Waals surface area (Å²) in [5, 5.41) is 2.95. The molecule has 1 aromatic heterocycles. The first-order valence-corrected chi connectivity index (χ1v) is 6.53. The Bertz CT molecular complexity index is 558. The lowest BCUT2D eigenvalue weighted by molar-refractivity contribution is -0.137. The molecule has 0 spiro atoms. The summed E-state index contributed by atoms with van der Waals surface area (Å²) in [5.74, 6) is -0.238. The lowest BCUT2D eigenvalue weighted by Crippen LogP contribution is -2.11. The fourth-order valence-corrected chi connectivity index (χ4v) is 1.77. The molecule has 100 valence electrons. The van der Waals surface area contributed by atoms with Crippen molar-refractivity contribution in [2.75, 3.05) is 11.6 Å². The second-order valence-corrected chi connectivity index (χ2v) is 4.38. The van der Waals surface area contributed by atoms with E-state index in [-0.39, 0.29) is 11.0 Å². The maximum atomic E-state index is 12.9. The van der Waals surface area contributed by atoms with E-state index in [1.165, 1.54) is 11.8 Å². The lowest BCUT2D eigenvalue weighted by Gasteiger charge is -2.13. The Balaban J connectivity index is 2.41. The molecule has 2 rings (SSSR count). The Morgan fingerprint density at radius 1 is 1.16 bits per heavy atom. The van der Waals surface area contributed by atoms with Crippen molar-refractivity contribution in [3.8, 4) is 0 Å². The number of nitrogens with zero attached hydrogens (tertiary/aromatic N) is 2. The quantitative estimate of drug-likeness (QED) is 0.684. The molecule has 0 amide bonds. The highest BCUT2D eigenvalue weighted by Gasteiger charge is 2.35. The zero-order valence-electron chi connectivity index (χ0n) is 9.90. The van der Waals surface area contributed by atoms with Gasteiger partial charge in [0.15, 0.2) is 5.16 Å². The molecule has 1 heterocycles. The smallest absolute Gasteiger partial charge is 0.340 e. The molecule has 19 heavy (non-hydrogen) atoms. The van der Waals surface area contributed by atoms with Gasteiger partial charge in [-0.3, -0.25) is 0 Å². The summed E-state index contributed by atoms with van der Waals surface area (Å²) in [7, 11) is 0. The number of nitrogens with one attached hydrogen (secondary N) is 1. The van der Waals surface area contributed by atoms with Crippen LogP contribution in [0.3, 0.4) is 0 Å². The Morgan fingerprint density at radius 2 is 1.84 bits per heavy atom. The van der Waals surface area contributed by atoms with Crippen molar-refractivity contribution in [2.45, 2.75) is 11.3 Å². The van der Waals surface area contributed by atoms with Crippen LogP contribution in [0, 0.1) is 0 Å². The van der Waals surface area contributed by atoms with E-state index in [1.807, 2.05) is 0 Å². The number of aromatic nitrogens is 2. The molecular formula is C12H10F3N3S. The summed E-state index contributed by atoms with van der Waals surface area (Å²) in [6, 6.07) is 8.57. The van der Waals surface area contributed by atoms with E-state index < -0.39 is 11.7 Å². The molecule has 2 aromatic rings. The van der Waals surface area contributed by atoms with Crippen molar-refractivity contribution in [1.82, 2.24) is 9.97 Å². The van der Waals surface area contributed by atoms with Gasteiger partial charge in [-0.25, -0.2) is 9.97 Å². The van der Waals surface area contributed by atoms with E-state index in [2.05, 4.69) is 15.3 Å². The van der Waals surface area contributed by atoms with E-state index in [0.717, 1.165) is 6.20 Å². The summed E-state index contributed by atoms with van der Waals surface area (Å²) in [6.07, 6.45) is -1.99. The summed E-state index contributed by atoms with van der Waals surface area (Å²) >= 11 is 1.18. The number of thioether (sulfide) groups is 1. The fraction of sp³-hybridized carbons (Fsp3) is 0.167. The standard InChI is InChI=1S/C12H10F3N3S/c1-19-11-16-7-9(12(13,14)15)10(18-11)17-8-5-3-2-4-6-8/h2-7H,1H3,(H,16,17,18). The molecule has 0 unspecified atom stereocenters. The van der Waals surface area contributed by atoms with E-state index >= 15 is 0 Å². The second-order valence-electron chi connectivity index (χ2n) is 3.61. The van der Waals surface area contributed by atoms with Crippen LogP contribution in [0.15, 0.2) is 41.7 Å². The third-order valence-corrected chi connectivity index (χ3v) is 2.85. The van der Waals surface area contributed by atoms with Crippen LogP contribution >= 0.6 is 11.8 Å². The number of rotatable bonds is 3. The molecule has 0 saturated carbocycles. The summed E-state index contributed by atoms with van der Waals surface area (Å²) in [6.45, 7) is 0. The molecule has 3 nitrogen and oxygen atoms in total. The number of benzene rings is 1. The van der Waals surface area contributed by atoms with Crippen molar-refractivity contribution in [1.29, 1.82) is 0 Å². The van der Waals surface area contributed by atoms with Gasteiger partial charge < -0.3 is 5.32 Å². The first-order valence-electron chi connectivity index (χ1n) is 5.31. The van der Waals surface area contributed by atoms with Gasteiger partial charge in [-0.05, 0) is 18.4 Å². The van der Waals surface area contributed by atoms with Gasteiger partial charge in [0.2, 0.25) is 0 Å². The molecule has 0 bridgehead atoms. The number of anilines is 2. The van der Waals surface area contributed by atoms with Crippen molar-refractivity contribution in [2.24, 2.45) is 0 Å². The van der Waals surface area contributed by atoms with Gasteiger partial charge in [-0.2, -0.15) is 13.2 Å². The van der Waals surface area contributed by atoms with E-state index in [0.29, 0.717) is 5.69 Å². The van der Waals surface area contributed by atoms with Gasteiger partial charge >= 0.3 is 6.18 Å². The predicted octanol–water partition coefficient (Wildman–Crippen LogP) is 3.96. The number of alkyl halides is 3. The van der Waals surface area contributed by atoms with Crippen LogP contribution in [0.5, 0.6) is 0 Å². The Hall–Kier alpha value is -1.76. The van der Waals surface area contributed by atoms with Gasteiger partial charge in [0, 0.05) is 11.9 Å². The first kappa shape index (κ1) is 13.7. The highest BCUT2D eigenvalue weighted by molar-refractivity contribution is 7.98. The van der Waals surface area contributed by atoms with E-state index in [1.54, 1.807) is 36.6 Å². The fourth-order valence-electron chi connectivity index (χ4n) is 1.42. The first-order chi connectivity index (χ1) is 9.00. The number of para-hydroxylation sites is 1. The van der Waals surface area contributed by atoms with Gasteiger partial charge in [0.1, 0.15) is 11.4 Å². The molecule has 0 aliphatic heterocycles. The minimum absolute atomic E-state index is 0.238. The molecule has 1 aromatic carbocycles.